The SMILES string of the molecule is COC(=O)C1(c2c(C#N)nn(-c3c(Cl)cc(S(F)(F)(F)(F)F)cc3Cl)c2NC(=O)OCc2cncs2)CC1. The third-order valence-corrected chi connectivity index (χ3v) is 7.95. The van der Waals surface area contributed by atoms with Crippen LogP contribution < -0.4 is 5.32 Å². The molecule has 1 fully saturated rings. The van der Waals surface area contributed by atoms with Crippen LogP contribution in [-0.4, -0.2) is 33.9 Å². The van der Waals surface area contributed by atoms with Gasteiger partial charge in [-0.1, -0.05) is 42.6 Å². The number of anilines is 1. The number of hydrogen-bond donors (Lipinski definition) is 1. The maximum Gasteiger partial charge on any atom is 0.413 e. The van der Waals surface area contributed by atoms with E-state index in [0.29, 0.717) is 9.56 Å². The number of carbonyl (C=O) groups is 2. The van der Waals surface area contributed by atoms with Gasteiger partial charge in [0.1, 0.15) is 29.1 Å². The average Bonchev–Trinajstić information content (AvgIpc) is 3.28. The number of thiazole rings is 1. The smallest absolute Gasteiger partial charge is 0.413 e. The quantitative estimate of drug-likeness (QED) is 0.221. The number of esters is 1. The molecule has 204 valence electrons. The molecule has 0 spiro atoms. The van der Waals surface area contributed by atoms with Crippen molar-refractivity contribution in [2.45, 2.75) is 29.8 Å². The first-order chi connectivity index (χ1) is 17.5. The fraction of sp³-hybridized carbons (Fsp3) is 0.250. The van der Waals surface area contributed by atoms with Crippen LogP contribution in [0.3, 0.4) is 0 Å². The van der Waals surface area contributed by atoms with Gasteiger partial charge < -0.3 is 9.47 Å². The van der Waals surface area contributed by atoms with E-state index in [1.54, 1.807) is 6.07 Å². The molecule has 0 atom stereocenters. The number of nitrogens with one attached hydrogen (secondary N) is 1. The van der Waals surface area contributed by atoms with Crippen molar-refractivity contribution in [2.24, 2.45) is 0 Å². The Morgan fingerprint density at radius 1 is 1.24 bits per heavy atom. The highest BCUT2D eigenvalue weighted by Gasteiger charge is 2.66. The minimum atomic E-state index is -10.2. The van der Waals surface area contributed by atoms with Gasteiger partial charge in [0.15, 0.2) is 5.69 Å². The monoisotopic (exact) mass is 617 g/mol. The Morgan fingerprint density at radius 3 is 2.34 bits per heavy atom. The van der Waals surface area contributed by atoms with Crippen LogP contribution in [0.2, 0.25) is 10.0 Å². The van der Waals surface area contributed by atoms with Crippen molar-refractivity contribution in [3.63, 3.8) is 0 Å². The first kappa shape index (κ1) is 27.9. The highest BCUT2D eigenvalue weighted by Crippen LogP contribution is 3.02. The van der Waals surface area contributed by atoms with Gasteiger partial charge >= 0.3 is 22.3 Å². The van der Waals surface area contributed by atoms with Crippen LogP contribution in [0.5, 0.6) is 0 Å². The predicted molar refractivity (Wildman–Crippen MR) is 129 cm³/mol. The Kier molecular flexibility index (Phi) is 6.38. The number of carbonyl (C=O) groups excluding carboxylic acids is 2. The summed E-state index contributed by atoms with van der Waals surface area (Å²) in [7, 11) is -9.08. The summed E-state index contributed by atoms with van der Waals surface area (Å²) >= 11 is 13.1. The molecule has 0 unspecified atom stereocenters. The molecule has 9 nitrogen and oxygen atoms in total. The molecule has 1 N–H and O–H groups in total. The van der Waals surface area contributed by atoms with Crippen molar-refractivity contribution in [3.8, 4) is 11.8 Å². The topological polar surface area (TPSA) is 119 Å². The molecule has 0 bridgehead atoms. The average molecular weight is 618 g/mol. The maximum atomic E-state index is 13.4. The van der Waals surface area contributed by atoms with E-state index in [0.717, 1.165) is 7.11 Å². The standard InChI is InChI=1S/C20H14Cl2F5N5O4S2/c1-35-18(33)20(2-3-20)15-14(6-28)31-32(17(15)30-19(34)36-8-10-7-29-9-37-10)16-12(21)4-11(5-13(16)22)38(23,24,25,26)27/h4-5,7,9H,2-3,8H2,1H3,(H,30,34). The molecule has 18 heteroatoms. The van der Waals surface area contributed by atoms with Gasteiger partial charge in [-0.05, 0) is 25.0 Å². The van der Waals surface area contributed by atoms with E-state index < -0.39 is 59.8 Å². The molecule has 2 aromatic heterocycles. The first-order valence-corrected chi connectivity index (χ1v) is 13.8. The summed E-state index contributed by atoms with van der Waals surface area (Å²) in [4.78, 5) is 27.3. The fourth-order valence-electron chi connectivity index (χ4n) is 3.65. The van der Waals surface area contributed by atoms with Gasteiger partial charge in [0, 0.05) is 6.20 Å². The van der Waals surface area contributed by atoms with Gasteiger partial charge in [-0.15, -0.1) is 11.3 Å². The van der Waals surface area contributed by atoms with Crippen LogP contribution in [0, 0.1) is 11.3 Å². The summed E-state index contributed by atoms with van der Waals surface area (Å²) in [5.41, 5.74) is -1.06. The lowest BCUT2D eigenvalue weighted by atomic mass is 9.95. The number of nitrogens with zero attached hydrogens (tertiary/aromatic N) is 4. The van der Waals surface area contributed by atoms with Gasteiger partial charge in [-0.25, -0.2) is 9.48 Å². The number of nitriles is 1. The normalized spacial score (nSPS) is 16.1. The molecule has 1 amide bonds. The van der Waals surface area contributed by atoms with Gasteiger partial charge in [-0.3, -0.25) is 15.1 Å². The van der Waals surface area contributed by atoms with Crippen molar-refractivity contribution >= 4 is 62.6 Å². The van der Waals surface area contributed by atoms with E-state index in [2.05, 4.69) is 15.4 Å². The summed E-state index contributed by atoms with van der Waals surface area (Å²) < 4.78 is 77.6. The first-order valence-electron chi connectivity index (χ1n) is 10.2. The van der Waals surface area contributed by atoms with E-state index in [1.165, 1.54) is 23.0 Å². The van der Waals surface area contributed by atoms with E-state index in [9.17, 15) is 34.3 Å². The molecule has 1 aliphatic carbocycles. The third kappa shape index (κ3) is 5.23. The summed E-state index contributed by atoms with van der Waals surface area (Å²) in [6.07, 6.45) is 0.684. The lowest BCUT2D eigenvalue weighted by Crippen LogP contribution is -2.25. The number of ether oxygens (including phenoxy) is 2. The van der Waals surface area contributed by atoms with Crippen molar-refractivity contribution in [1.29, 1.82) is 5.26 Å². The van der Waals surface area contributed by atoms with E-state index in [-0.39, 0.29) is 37.1 Å². The minimum absolute atomic E-state index is 0.0448. The molecule has 1 aromatic carbocycles. The molecule has 0 radical (unpaired) electrons. The summed E-state index contributed by atoms with van der Waals surface area (Å²) in [5, 5.41) is 14.2. The Bertz CT molecular complexity index is 1480. The highest BCUT2D eigenvalue weighted by atomic mass is 35.5. The second kappa shape index (κ2) is 8.70. The molecule has 0 aliphatic heterocycles. The number of rotatable bonds is 7. The van der Waals surface area contributed by atoms with E-state index in [4.69, 9.17) is 32.7 Å². The van der Waals surface area contributed by atoms with Crippen LogP contribution in [0.25, 0.3) is 5.69 Å². The lowest BCUT2D eigenvalue weighted by molar-refractivity contribution is -0.143. The molecule has 4 rings (SSSR count). The zero-order valence-corrected chi connectivity index (χ0v) is 22.0. The van der Waals surface area contributed by atoms with Gasteiger partial charge in [0.25, 0.3) is 0 Å². The Labute approximate surface area is 224 Å². The predicted octanol–water partition coefficient (Wildman–Crippen LogP) is 7.12. The van der Waals surface area contributed by atoms with Crippen LogP contribution >= 0.6 is 44.8 Å². The third-order valence-electron chi connectivity index (χ3n) is 5.49. The number of hydrogen-bond acceptors (Lipinski definition) is 8. The van der Waals surface area contributed by atoms with Crippen LogP contribution in [0.15, 0.2) is 28.7 Å². The van der Waals surface area contributed by atoms with Gasteiger partial charge in [0.05, 0.1) is 38.5 Å². The number of amides is 1. The van der Waals surface area contributed by atoms with Gasteiger partial charge in [0.2, 0.25) is 0 Å². The zero-order chi connectivity index (χ0) is 28.2. The fourth-order valence-corrected chi connectivity index (χ4v) is 5.62. The van der Waals surface area contributed by atoms with E-state index in [1.807, 2.05) is 0 Å². The van der Waals surface area contributed by atoms with Gasteiger partial charge in [-0.2, -0.15) is 10.4 Å². The number of methoxy groups -OCH3 is 1. The second-order valence-electron chi connectivity index (χ2n) is 8.04. The van der Waals surface area contributed by atoms with Crippen molar-refractivity contribution in [2.75, 3.05) is 12.4 Å². The number of halogens is 7. The highest BCUT2D eigenvalue weighted by molar-refractivity contribution is 8.45. The maximum absolute atomic E-state index is 13.4. The lowest BCUT2D eigenvalue weighted by Gasteiger charge is -2.40. The minimum Gasteiger partial charge on any atom is -0.468 e. The molecule has 38 heavy (non-hydrogen) atoms. The van der Waals surface area contributed by atoms with E-state index >= 15 is 0 Å². The van der Waals surface area contributed by atoms with Crippen molar-refractivity contribution in [1.82, 2.24) is 14.8 Å². The van der Waals surface area contributed by atoms with Crippen LogP contribution in [0.1, 0.15) is 29.0 Å². The Balaban J connectivity index is 1.88. The molecule has 2 heterocycles. The molecular weight excluding hydrogens is 604 g/mol. The summed E-state index contributed by atoms with van der Waals surface area (Å²) in [5.74, 6) is -1.18. The second-order valence-corrected chi connectivity index (χ2v) is 12.2. The zero-order valence-electron chi connectivity index (χ0n) is 18.8. The largest absolute Gasteiger partial charge is 0.468 e. The summed E-state index contributed by atoms with van der Waals surface area (Å²) in [6, 6.07) is 1.66. The number of benzene rings is 1. The summed E-state index contributed by atoms with van der Waals surface area (Å²) in [6.45, 7) is -0.215. The van der Waals surface area contributed by atoms with Crippen molar-refractivity contribution in [3.05, 3.63) is 50.0 Å². The molecular formula is C20H14Cl2F5N5O4S2. The number of aromatic nitrogens is 3. The molecule has 1 aliphatic rings. The molecule has 0 saturated heterocycles. The van der Waals surface area contributed by atoms with Crippen LogP contribution in [0.4, 0.5) is 30.0 Å². The Hall–Kier alpha value is -3.13. The van der Waals surface area contributed by atoms with Crippen LogP contribution in [-0.2, 0) is 26.3 Å². The molecule has 1 saturated carbocycles. The Morgan fingerprint density at radius 2 is 1.87 bits per heavy atom. The molecule has 3 aromatic rings. The van der Waals surface area contributed by atoms with Crippen molar-refractivity contribution < 1.29 is 38.5 Å².